The quantitative estimate of drug-likeness (QED) is 0.696. The molecule has 102 valence electrons. The number of alkyl halides is 1. The summed E-state index contributed by atoms with van der Waals surface area (Å²) in [6.45, 7) is 5.30. The normalized spacial score (nSPS) is 11.0. The maximum Gasteiger partial charge on any atom is 0.0642 e. The first-order valence-corrected chi connectivity index (χ1v) is 7.83. The second kappa shape index (κ2) is 8.03. The van der Waals surface area contributed by atoms with Crippen molar-refractivity contribution in [3.8, 4) is 0 Å². The van der Waals surface area contributed by atoms with E-state index < -0.39 is 0 Å². The molecule has 2 nitrogen and oxygen atoms in total. The van der Waals surface area contributed by atoms with E-state index in [1.807, 2.05) is 12.1 Å². The van der Waals surface area contributed by atoms with Crippen LogP contribution in [-0.2, 0) is 5.33 Å². The lowest BCUT2D eigenvalue weighted by molar-refractivity contribution is 0.400. The van der Waals surface area contributed by atoms with Gasteiger partial charge >= 0.3 is 0 Å². The Morgan fingerprint density at radius 2 is 1.94 bits per heavy atom. The van der Waals surface area contributed by atoms with Crippen molar-refractivity contribution in [3.05, 3.63) is 28.8 Å². The van der Waals surface area contributed by atoms with Gasteiger partial charge in [-0.1, -0.05) is 39.7 Å². The molecule has 0 spiro atoms. The van der Waals surface area contributed by atoms with Crippen molar-refractivity contribution in [2.45, 2.75) is 18.7 Å². The van der Waals surface area contributed by atoms with Gasteiger partial charge in [-0.3, -0.25) is 0 Å². The van der Waals surface area contributed by atoms with Gasteiger partial charge in [0.25, 0.3) is 0 Å². The van der Waals surface area contributed by atoms with Crippen LogP contribution in [0.3, 0.4) is 0 Å². The van der Waals surface area contributed by atoms with Crippen molar-refractivity contribution in [2.24, 2.45) is 0 Å². The number of nitrogens with zero attached hydrogens (tertiary/aromatic N) is 2. The number of para-hydroxylation sites is 1. The van der Waals surface area contributed by atoms with Gasteiger partial charge in [-0.15, -0.1) is 0 Å². The molecule has 0 saturated carbocycles. The first-order chi connectivity index (χ1) is 8.60. The maximum atomic E-state index is 6.35. The summed E-state index contributed by atoms with van der Waals surface area (Å²) in [6.07, 6.45) is 1.15. The van der Waals surface area contributed by atoms with E-state index in [-0.39, 0.29) is 0 Å². The Hall–Kier alpha value is -0.250. The number of halogens is 2. The Balaban J connectivity index is 2.81. The Labute approximate surface area is 124 Å². The number of hydrogen-bond donors (Lipinski definition) is 0. The molecule has 0 unspecified atom stereocenters. The van der Waals surface area contributed by atoms with Crippen LogP contribution in [0.5, 0.6) is 0 Å². The molecule has 1 aromatic rings. The van der Waals surface area contributed by atoms with E-state index in [1.165, 1.54) is 11.3 Å². The summed E-state index contributed by atoms with van der Waals surface area (Å²) in [5.41, 5.74) is 2.44. The van der Waals surface area contributed by atoms with Crippen molar-refractivity contribution in [1.82, 2.24) is 4.90 Å². The lowest BCUT2D eigenvalue weighted by atomic mass is 10.1. The second-order valence-electron chi connectivity index (χ2n) is 4.62. The summed E-state index contributed by atoms with van der Waals surface area (Å²) in [5.74, 6) is 0. The van der Waals surface area contributed by atoms with Gasteiger partial charge in [0, 0.05) is 18.4 Å². The minimum Gasteiger partial charge on any atom is -0.370 e. The van der Waals surface area contributed by atoms with Crippen molar-refractivity contribution < 1.29 is 0 Å². The molecule has 18 heavy (non-hydrogen) atoms. The lowest BCUT2D eigenvalue weighted by Gasteiger charge is -2.27. The van der Waals surface area contributed by atoms with E-state index in [0.29, 0.717) is 0 Å². The third-order valence-corrected chi connectivity index (χ3v) is 3.85. The topological polar surface area (TPSA) is 6.48 Å². The largest absolute Gasteiger partial charge is 0.370 e. The first kappa shape index (κ1) is 15.8. The predicted molar refractivity (Wildman–Crippen MR) is 85.1 cm³/mol. The van der Waals surface area contributed by atoms with Gasteiger partial charge in [0.2, 0.25) is 0 Å². The Bertz CT molecular complexity index is 369. The molecule has 0 bridgehead atoms. The van der Waals surface area contributed by atoms with E-state index in [9.17, 15) is 0 Å². The Morgan fingerprint density at radius 3 is 2.50 bits per heavy atom. The molecule has 1 aromatic carbocycles. The van der Waals surface area contributed by atoms with Crippen LogP contribution in [0.25, 0.3) is 0 Å². The number of benzene rings is 1. The molecule has 0 aromatic heterocycles. The average molecular weight is 334 g/mol. The van der Waals surface area contributed by atoms with Crippen LogP contribution in [0.2, 0.25) is 5.02 Å². The summed E-state index contributed by atoms with van der Waals surface area (Å²) >= 11 is 9.89. The second-order valence-corrected chi connectivity index (χ2v) is 5.59. The zero-order valence-electron chi connectivity index (χ0n) is 11.4. The highest BCUT2D eigenvalue weighted by molar-refractivity contribution is 9.08. The average Bonchev–Trinajstić information content (AvgIpc) is 2.34. The van der Waals surface area contributed by atoms with E-state index in [2.05, 4.69) is 52.8 Å². The van der Waals surface area contributed by atoms with Gasteiger partial charge in [-0.2, -0.15) is 0 Å². The van der Waals surface area contributed by atoms with Crippen molar-refractivity contribution >= 4 is 33.2 Å². The van der Waals surface area contributed by atoms with Crippen LogP contribution in [0.15, 0.2) is 18.2 Å². The number of hydrogen-bond acceptors (Lipinski definition) is 2. The van der Waals surface area contributed by atoms with Gasteiger partial charge in [-0.25, -0.2) is 0 Å². The molecule has 0 aliphatic rings. The Kier molecular flexibility index (Phi) is 7.05. The van der Waals surface area contributed by atoms with E-state index in [1.54, 1.807) is 0 Å². The zero-order valence-corrected chi connectivity index (χ0v) is 13.8. The highest BCUT2D eigenvalue weighted by Gasteiger charge is 2.12. The predicted octanol–water partition coefficient (Wildman–Crippen LogP) is 4.01. The molecule has 0 aliphatic heterocycles. The molecule has 4 heteroatoms. The molecular formula is C14H22BrClN2. The van der Waals surface area contributed by atoms with Crippen LogP contribution < -0.4 is 4.90 Å². The summed E-state index contributed by atoms with van der Waals surface area (Å²) in [5, 5.41) is 1.69. The Morgan fingerprint density at radius 1 is 1.22 bits per heavy atom. The van der Waals surface area contributed by atoms with Gasteiger partial charge in [0.05, 0.1) is 10.7 Å². The third-order valence-electron chi connectivity index (χ3n) is 2.95. The molecule has 0 N–H and O–H groups in total. The smallest absolute Gasteiger partial charge is 0.0642 e. The van der Waals surface area contributed by atoms with Gasteiger partial charge in [0.1, 0.15) is 0 Å². The highest BCUT2D eigenvalue weighted by Crippen LogP contribution is 2.31. The van der Waals surface area contributed by atoms with Gasteiger partial charge in [0.15, 0.2) is 0 Å². The minimum absolute atomic E-state index is 0.840. The molecule has 0 saturated heterocycles. The van der Waals surface area contributed by atoms with Crippen LogP contribution in [0.4, 0.5) is 5.69 Å². The van der Waals surface area contributed by atoms with Gasteiger partial charge in [-0.05, 0) is 45.6 Å². The minimum atomic E-state index is 0.840. The van der Waals surface area contributed by atoms with Crippen molar-refractivity contribution in [3.63, 3.8) is 0 Å². The number of anilines is 1. The molecular weight excluding hydrogens is 312 g/mol. The van der Waals surface area contributed by atoms with E-state index in [0.717, 1.165) is 36.4 Å². The summed E-state index contributed by atoms with van der Waals surface area (Å²) < 4.78 is 0. The maximum absolute atomic E-state index is 6.35. The van der Waals surface area contributed by atoms with Crippen LogP contribution in [-0.4, -0.2) is 38.6 Å². The lowest BCUT2D eigenvalue weighted by Crippen LogP contribution is -2.28. The standard InChI is InChI=1S/C14H22BrClN2/c1-4-18(10-6-9-17(2)3)14-12(11-15)7-5-8-13(14)16/h5,7-8H,4,6,9-11H2,1-3H3. The summed E-state index contributed by atoms with van der Waals surface area (Å²) in [4.78, 5) is 4.58. The first-order valence-electron chi connectivity index (χ1n) is 6.33. The molecule has 0 heterocycles. The molecule has 0 radical (unpaired) electrons. The van der Waals surface area contributed by atoms with Crippen LogP contribution >= 0.6 is 27.5 Å². The van der Waals surface area contributed by atoms with E-state index >= 15 is 0 Å². The molecule has 0 aliphatic carbocycles. The van der Waals surface area contributed by atoms with Crippen molar-refractivity contribution in [1.29, 1.82) is 0 Å². The fourth-order valence-corrected chi connectivity index (χ4v) is 2.79. The summed E-state index contributed by atoms with van der Waals surface area (Å²) in [7, 11) is 4.21. The van der Waals surface area contributed by atoms with Crippen molar-refractivity contribution in [2.75, 3.05) is 38.6 Å². The molecule has 0 amide bonds. The van der Waals surface area contributed by atoms with E-state index in [4.69, 9.17) is 11.6 Å². The number of rotatable bonds is 7. The fourth-order valence-electron chi connectivity index (χ4n) is 2.03. The van der Waals surface area contributed by atoms with Crippen LogP contribution in [0, 0.1) is 0 Å². The fraction of sp³-hybridized carbons (Fsp3) is 0.571. The summed E-state index contributed by atoms with van der Waals surface area (Å²) in [6, 6.07) is 6.11. The molecule has 0 fully saturated rings. The monoisotopic (exact) mass is 332 g/mol. The third kappa shape index (κ3) is 4.45. The zero-order chi connectivity index (χ0) is 13.5. The van der Waals surface area contributed by atoms with Crippen LogP contribution in [0.1, 0.15) is 18.9 Å². The molecule has 1 rings (SSSR count). The highest BCUT2D eigenvalue weighted by atomic mass is 79.9. The SMILES string of the molecule is CCN(CCCN(C)C)c1c(Cl)cccc1CBr. The van der Waals surface area contributed by atoms with Gasteiger partial charge < -0.3 is 9.80 Å². The molecule has 0 atom stereocenters.